The van der Waals surface area contributed by atoms with Crippen LogP contribution in [0.3, 0.4) is 0 Å². The number of aliphatic imine (C=N–C) groups is 1. The van der Waals surface area contributed by atoms with Gasteiger partial charge in [0.15, 0.2) is 5.70 Å². The molecular formula is C23H13ClFNO4. The summed E-state index contributed by atoms with van der Waals surface area (Å²) in [6.07, 6.45) is 1.54. The van der Waals surface area contributed by atoms with Crippen molar-refractivity contribution in [3.63, 3.8) is 0 Å². The number of benzene rings is 3. The van der Waals surface area contributed by atoms with Crippen molar-refractivity contribution in [2.45, 2.75) is 0 Å². The van der Waals surface area contributed by atoms with Crippen molar-refractivity contribution in [3.05, 3.63) is 106 Å². The molecule has 148 valence electrons. The molecule has 0 aromatic heterocycles. The highest BCUT2D eigenvalue weighted by Crippen LogP contribution is 2.22. The number of ether oxygens (including phenoxy) is 2. The molecule has 0 N–H and O–H groups in total. The lowest BCUT2D eigenvalue weighted by molar-refractivity contribution is -0.129. The number of hydrogen-bond donors (Lipinski definition) is 0. The lowest BCUT2D eigenvalue weighted by Gasteiger charge is -2.06. The normalized spacial score (nSPS) is 14.4. The van der Waals surface area contributed by atoms with Crippen molar-refractivity contribution in [2.75, 3.05) is 0 Å². The zero-order valence-electron chi connectivity index (χ0n) is 15.3. The van der Waals surface area contributed by atoms with Crippen molar-refractivity contribution in [3.8, 4) is 5.75 Å². The zero-order valence-corrected chi connectivity index (χ0v) is 16.1. The fraction of sp³-hybridized carbons (Fsp3) is 0. The number of nitrogens with zero attached hydrogens (tertiary/aromatic N) is 1. The molecule has 0 atom stereocenters. The van der Waals surface area contributed by atoms with Crippen molar-refractivity contribution in [1.29, 1.82) is 0 Å². The number of esters is 2. The molecule has 30 heavy (non-hydrogen) atoms. The van der Waals surface area contributed by atoms with Crippen LogP contribution in [0.4, 0.5) is 4.39 Å². The Hall–Kier alpha value is -3.77. The minimum atomic E-state index is -0.608. The fourth-order valence-corrected chi connectivity index (χ4v) is 2.92. The summed E-state index contributed by atoms with van der Waals surface area (Å²) in [4.78, 5) is 28.4. The second-order valence-corrected chi connectivity index (χ2v) is 6.69. The molecule has 0 unspecified atom stereocenters. The van der Waals surface area contributed by atoms with Crippen LogP contribution in [0.2, 0.25) is 5.02 Å². The monoisotopic (exact) mass is 421 g/mol. The van der Waals surface area contributed by atoms with Crippen LogP contribution >= 0.6 is 11.6 Å². The van der Waals surface area contributed by atoms with Gasteiger partial charge in [-0.25, -0.2) is 19.0 Å². The van der Waals surface area contributed by atoms with Gasteiger partial charge in [-0.2, -0.15) is 0 Å². The van der Waals surface area contributed by atoms with E-state index in [1.54, 1.807) is 54.6 Å². The van der Waals surface area contributed by atoms with Crippen molar-refractivity contribution >= 4 is 35.5 Å². The summed E-state index contributed by atoms with van der Waals surface area (Å²) in [5.41, 5.74) is 1.52. The van der Waals surface area contributed by atoms with Crippen LogP contribution in [0.25, 0.3) is 6.08 Å². The second-order valence-electron chi connectivity index (χ2n) is 6.28. The van der Waals surface area contributed by atoms with Crippen LogP contribution in [0.5, 0.6) is 5.75 Å². The molecular weight excluding hydrogens is 409 g/mol. The molecule has 1 aliphatic rings. The van der Waals surface area contributed by atoms with Crippen LogP contribution in [0.1, 0.15) is 21.5 Å². The highest BCUT2D eigenvalue weighted by molar-refractivity contribution is 6.33. The summed E-state index contributed by atoms with van der Waals surface area (Å²) in [5.74, 6) is -1.14. The summed E-state index contributed by atoms with van der Waals surface area (Å²) >= 11 is 6.00. The summed E-state index contributed by atoms with van der Waals surface area (Å²) < 4.78 is 23.5. The van der Waals surface area contributed by atoms with Crippen LogP contribution in [-0.4, -0.2) is 17.8 Å². The highest BCUT2D eigenvalue weighted by atomic mass is 35.5. The number of carbonyl (C=O) groups excluding carboxylic acids is 2. The largest absolute Gasteiger partial charge is 0.423 e. The van der Waals surface area contributed by atoms with Gasteiger partial charge in [-0.05, 0) is 60.2 Å². The number of carbonyl (C=O) groups is 2. The Morgan fingerprint density at radius 2 is 1.70 bits per heavy atom. The van der Waals surface area contributed by atoms with E-state index in [1.807, 2.05) is 0 Å². The SMILES string of the molecule is O=C1OC(c2ccc(F)cc2)=N/C1=C\c1ccc(OC(=O)c2ccccc2Cl)cc1. The van der Waals surface area contributed by atoms with Gasteiger partial charge in [-0.15, -0.1) is 0 Å². The second kappa shape index (κ2) is 8.31. The molecule has 0 saturated carbocycles. The topological polar surface area (TPSA) is 65.0 Å². The average molecular weight is 422 g/mol. The van der Waals surface area contributed by atoms with Crippen LogP contribution in [0, 0.1) is 5.82 Å². The van der Waals surface area contributed by atoms with Crippen LogP contribution < -0.4 is 4.74 Å². The average Bonchev–Trinajstić information content (AvgIpc) is 3.10. The van der Waals surface area contributed by atoms with Gasteiger partial charge < -0.3 is 9.47 Å². The van der Waals surface area contributed by atoms with Gasteiger partial charge in [0.2, 0.25) is 5.90 Å². The molecule has 1 heterocycles. The van der Waals surface area contributed by atoms with Gasteiger partial charge in [0.25, 0.3) is 0 Å². The molecule has 0 amide bonds. The molecule has 3 aromatic rings. The predicted molar refractivity (Wildman–Crippen MR) is 110 cm³/mol. The van der Waals surface area contributed by atoms with E-state index in [0.717, 1.165) is 0 Å². The van der Waals surface area contributed by atoms with E-state index < -0.39 is 17.8 Å². The molecule has 0 bridgehead atoms. The van der Waals surface area contributed by atoms with E-state index in [9.17, 15) is 14.0 Å². The van der Waals surface area contributed by atoms with Crippen LogP contribution in [-0.2, 0) is 9.53 Å². The van der Waals surface area contributed by atoms with Crippen molar-refractivity contribution in [1.82, 2.24) is 0 Å². The molecule has 3 aromatic carbocycles. The molecule has 4 rings (SSSR count). The Balaban J connectivity index is 1.49. The maximum absolute atomic E-state index is 13.0. The highest BCUT2D eigenvalue weighted by Gasteiger charge is 2.24. The fourth-order valence-electron chi connectivity index (χ4n) is 2.70. The van der Waals surface area contributed by atoms with Gasteiger partial charge >= 0.3 is 11.9 Å². The maximum Gasteiger partial charge on any atom is 0.363 e. The lowest BCUT2D eigenvalue weighted by Crippen LogP contribution is -2.08. The van der Waals surface area contributed by atoms with E-state index in [-0.39, 0.29) is 17.2 Å². The predicted octanol–water partition coefficient (Wildman–Crippen LogP) is 5.04. The van der Waals surface area contributed by atoms with Gasteiger partial charge in [0, 0.05) is 5.56 Å². The third-order valence-corrected chi connectivity index (χ3v) is 4.53. The smallest absolute Gasteiger partial charge is 0.363 e. The van der Waals surface area contributed by atoms with E-state index in [2.05, 4.69) is 4.99 Å². The van der Waals surface area contributed by atoms with Gasteiger partial charge in [0.1, 0.15) is 11.6 Å². The third kappa shape index (κ3) is 4.29. The number of cyclic esters (lactones) is 1. The lowest BCUT2D eigenvalue weighted by atomic mass is 10.2. The number of halogens is 2. The minimum absolute atomic E-state index is 0.107. The first-order chi connectivity index (χ1) is 14.5. The summed E-state index contributed by atoms with van der Waals surface area (Å²) in [7, 11) is 0. The molecule has 7 heteroatoms. The molecule has 5 nitrogen and oxygen atoms in total. The van der Waals surface area contributed by atoms with Gasteiger partial charge in [0.05, 0.1) is 10.6 Å². The standard InChI is InChI=1S/C23H13ClFNO4/c24-19-4-2-1-3-18(19)22(27)29-17-11-5-14(6-12-17)13-20-23(28)30-21(26-20)15-7-9-16(25)10-8-15/h1-13H/b20-13-. The Labute approximate surface area is 176 Å². The molecule has 0 radical (unpaired) electrons. The first-order valence-electron chi connectivity index (χ1n) is 8.85. The zero-order chi connectivity index (χ0) is 21.1. The minimum Gasteiger partial charge on any atom is -0.423 e. The van der Waals surface area contributed by atoms with Crippen LogP contribution in [0.15, 0.2) is 83.5 Å². The molecule has 1 aliphatic heterocycles. The van der Waals surface area contributed by atoms with E-state index in [4.69, 9.17) is 21.1 Å². The molecule has 0 saturated heterocycles. The molecule has 0 aliphatic carbocycles. The number of rotatable bonds is 4. The Kier molecular flexibility index (Phi) is 5.41. The first-order valence-corrected chi connectivity index (χ1v) is 9.23. The Bertz CT molecular complexity index is 1180. The van der Waals surface area contributed by atoms with Gasteiger partial charge in [-0.1, -0.05) is 35.9 Å². The summed E-state index contributed by atoms with van der Waals surface area (Å²) in [5, 5.41) is 0.304. The van der Waals surface area contributed by atoms with E-state index >= 15 is 0 Å². The molecule has 0 spiro atoms. The quantitative estimate of drug-likeness (QED) is 0.336. The Morgan fingerprint density at radius 3 is 2.40 bits per heavy atom. The first kappa shape index (κ1) is 19.5. The third-order valence-electron chi connectivity index (χ3n) is 4.20. The van der Waals surface area contributed by atoms with E-state index in [0.29, 0.717) is 21.9 Å². The van der Waals surface area contributed by atoms with Crippen molar-refractivity contribution in [2.24, 2.45) is 4.99 Å². The van der Waals surface area contributed by atoms with Crippen molar-refractivity contribution < 1.29 is 23.5 Å². The number of hydrogen-bond acceptors (Lipinski definition) is 5. The van der Waals surface area contributed by atoms with E-state index in [1.165, 1.54) is 24.3 Å². The maximum atomic E-state index is 13.0. The molecule has 0 fully saturated rings. The summed E-state index contributed by atoms with van der Waals surface area (Å²) in [6.45, 7) is 0. The van der Waals surface area contributed by atoms with Gasteiger partial charge in [-0.3, -0.25) is 0 Å². The summed E-state index contributed by atoms with van der Waals surface area (Å²) in [6, 6.07) is 18.6. The Morgan fingerprint density at radius 1 is 1.00 bits per heavy atom.